The van der Waals surface area contributed by atoms with Crippen molar-refractivity contribution >= 4 is 108 Å². The Balaban J connectivity index is 0.961. The van der Waals surface area contributed by atoms with Gasteiger partial charge in [-0.25, -0.2) is 0 Å². The Morgan fingerprint density at radius 1 is 0.483 bits per heavy atom. The maximum atomic E-state index is 6.60. The summed E-state index contributed by atoms with van der Waals surface area (Å²) in [4.78, 5) is 0. The Hall–Kier alpha value is -7.26. The fraction of sp³-hybridized carbons (Fsp3) is 0. The molecule has 0 saturated heterocycles. The van der Waals surface area contributed by atoms with Crippen LogP contribution in [0.15, 0.2) is 199 Å². The SMILES string of the molecule is C=C(/C=C\c1cccc(-c2ccc3sc4c5oc6ccccc6c5c5ccccc5c4c3c2)c1)c1c2ccccc2c(-c2cccc3ccccc23)c2ccccc12. The lowest BCUT2D eigenvalue weighted by Crippen LogP contribution is -1.93. The van der Waals surface area contributed by atoms with Gasteiger partial charge < -0.3 is 4.42 Å². The summed E-state index contributed by atoms with van der Waals surface area (Å²) >= 11 is 1.82. The molecule has 12 aromatic rings. The van der Waals surface area contributed by atoms with Crippen LogP contribution in [0.4, 0.5) is 0 Å². The second-order valence-electron chi connectivity index (χ2n) is 15.2. The number of hydrogen-bond acceptors (Lipinski definition) is 2. The molecule has 2 heteroatoms. The van der Waals surface area contributed by atoms with Crippen molar-refractivity contribution in [2.24, 2.45) is 0 Å². The van der Waals surface area contributed by atoms with E-state index in [-0.39, 0.29) is 0 Å². The number of thiophene rings is 1. The van der Waals surface area contributed by atoms with E-state index in [0.29, 0.717) is 0 Å². The molecule has 0 radical (unpaired) electrons. The van der Waals surface area contributed by atoms with Gasteiger partial charge in [-0.1, -0.05) is 176 Å². The molecule has 0 unspecified atom stereocenters. The predicted molar refractivity (Wildman–Crippen MR) is 252 cm³/mol. The van der Waals surface area contributed by atoms with Crippen molar-refractivity contribution in [2.75, 3.05) is 0 Å². The molecular formula is C56H34OS. The molecule has 0 amide bonds. The van der Waals surface area contributed by atoms with Gasteiger partial charge in [-0.05, 0) is 106 Å². The summed E-state index contributed by atoms with van der Waals surface area (Å²) in [5.74, 6) is 0. The van der Waals surface area contributed by atoms with Gasteiger partial charge in [-0.2, -0.15) is 0 Å². The topological polar surface area (TPSA) is 13.1 Å². The Morgan fingerprint density at radius 3 is 1.86 bits per heavy atom. The van der Waals surface area contributed by atoms with Crippen molar-refractivity contribution < 1.29 is 4.42 Å². The number of para-hydroxylation sites is 1. The van der Waals surface area contributed by atoms with Crippen LogP contribution in [0.5, 0.6) is 0 Å². The number of benzene rings is 10. The summed E-state index contributed by atoms with van der Waals surface area (Å²) in [6.07, 6.45) is 4.39. The van der Waals surface area contributed by atoms with E-state index in [1.165, 1.54) is 102 Å². The second kappa shape index (κ2) is 12.9. The molecule has 0 N–H and O–H groups in total. The molecule has 0 aliphatic rings. The third-order valence-electron chi connectivity index (χ3n) is 12.0. The smallest absolute Gasteiger partial charge is 0.153 e. The molecular weight excluding hydrogens is 721 g/mol. The highest BCUT2D eigenvalue weighted by Crippen LogP contribution is 2.48. The first-order valence-corrected chi connectivity index (χ1v) is 20.6. The number of hydrogen-bond donors (Lipinski definition) is 0. The zero-order valence-corrected chi connectivity index (χ0v) is 32.3. The van der Waals surface area contributed by atoms with Crippen LogP contribution < -0.4 is 0 Å². The first-order chi connectivity index (χ1) is 28.7. The molecule has 2 aromatic heterocycles. The minimum Gasteiger partial charge on any atom is -0.455 e. The Labute approximate surface area is 339 Å². The van der Waals surface area contributed by atoms with Crippen LogP contribution in [0.25, 0.3) is 119 Å². The van der Waals surface area contributed by atoms with E-state index in [4.69, 9.17) is 11.0 Å². The summed E-state index contributed by atoms with van der Waals surface area (Å²) < 4.78 is 9.06. The van der Waals surface area contributed by atoms with Crippen molar-refractivity contribution in [3.05, 3.63) is 206 Å². The minimum atomic E-state index is 0.931. The lowest BCUT2D eigenvalue weighted by atomic mass is 9.85. The van der Waals surface area contributed by atoms with E-state index in [1.807, 2.05) is 11.3 Å². The summed E-state index contributed by atoms with van der Waals surface area (Å²) in [5, 5.41) is 14.8. The molecule has 0 saturated carbocycles. The Bertz CT molecular complexity index is 3640. The first-order valence-electron chi connectivity index (χ1n) is 19.8. The van der Waals surface area contributed by atoms with Crippen LogP contribution in [0.3, 0.4) is 0 Å². The highest BCUT2D eigenvalue weighted by Gasteiger charge is 2.20. The fourth-order valence-corrected chi connectivity index (χ4v) is 10.6. The van der Waals surface area contributed by atoms with Crippen molar-refractivity contribution in [1.29, 1.82) is 0 Å². The van der Waals surface area contributed by atoms with Gasteiger partial charge in [0.15, 0.2) is 5.58 Å². The van der Waals surface area contributed by atoms with Gasteiger partial charge in [-0.15, -0.1) is 11.3 Å². The monoisotopic (exact) mass is 754 g/mol. The predicted octanol–water partition coefficient (Wildman–Crippen LogP) is 16.6. The van der Waals surface area contributed by atoms with E-state index < -0.39 is 0 Å². The summed E-state index contributed by atoms with van der Waals surface area (Å²) in [6.45, 7) is 4.70. The molecule has 270 valence electrons. The minimum absolute atomic E-state index is 0.931. The molecule has 0 atom stereocenters. The van der Waals surface area contributed by atoms with Gasteiger partial charge in [0.05, 0.1) is 4.70 Å². The summed E-state index contributed by atoms with van der Waals surface area (Å²) in [5.41, 5.74) is 10.1. The van der Waals surface area contributed by atoms with Crippen molar-refractivity contribution in [2.45, 2.75) is 0 Å². The van der Waals surface area contributed by atoms with E-state index in [0.717, 1.165) is 22.3 Å². The Kier molecular flexibility index (Phi) is 7.32. The zero-order valence-electron chi connectivity index (χ0n) is 31.5. The highest BCUT2D eigenvalue weighted by molar-refractivity contribution is 7.26. The third kappa shape index (κ3) is 4.95. The molecule has 0 bridgehead atoms. The lowest BCUT2D eigenvalue weighted by molar-refractivity contribution is 0.673. The second-order valence-corrected chi connectivity index (χ2v) is 16.3. The van der Waals surface area contributed by atoms with Gasteiger partial charge in [0.2, 0.25) is 0 Å². The van der Waals surface area contributed by atoms with Crippen LogP contribution in [0.2, 0.25) is 0 Å². The third-order valence-corrected chi connectivity index (χ3v) is 13.1. The van der Waals surface area contributed by atoms with Crippen LogP contribution in [0.1, 0.15) is 11.1 Å². The molecule has 0 fully saturated rings. The van der Waals surface area contributed by atoms with Gasteiger partial charge >= 0.3 is 0 Å². The van der Waals surface area contributed by atoms with Gasteiger partial charge in [-0.3, -0.25) is 0 Å². The van der Waals surface area contributed by atoms with Crippen LogP contribution in [-0.4, -0.2) is 0 Å². The molecule has 12 rings (SSSR count). The normalized spacial score (nSPS) is 12.1. The molecule has 2 heterocycles. The number of fused-ring (bicyclic) bond motifs is 13. The lowest BCUT2D eigenvalue weighted by Gasteiger charge is -2.18. The largest absolute Gasteiger partial charge is 0.455 e. The number of furan rings is 1. The van der Waals surface area contributed by atoms with Gasteiger partial charge in [0.25, 0.3) is 0 Å². The average molecular weight is 755 g/mol. The summed E-state index contributed by atoms with van der Waals surface area (Å²) in [7, 11) is 0. The van der Waals surface area contributed by atoms with Crippen LogP contribution >= 0.6 is 11.3 Å². The molecule has 1 nitrogen and oxygen atoms in total. The molecule has 0 aliphatic heterocycles. The van der Waals surface area contributed by atoms with Crippen molar-refractivity contribution in [3.8, 4) is 22.3 Å². The number of allylic oxidation sites excluding steroid dienone is 2. The van der Waals surface area contributed by atoms with Crippen molar-refractivity contribution in [3.63, 3.8) is 0 Å². The Morgan fingerprint density at radius 2 is 1.09 bits per heavy atom. The number of rotatable bonds is 5. The summed E-state index contributed by atoms with van der Waals surface area (Å²) in [6, 6.07) is 65.8. The fourth-order valence-electron chi connectivity index (χ4n) is 9.41. The van der Waals surface area contributed by atoms with Crippen molar-refractivity contribution in [1.82, 2.24) is 0 Å². The van der Waals surface area contributed by atoms with Gasteiger partial charge in [0, 0.05) is 26.2 Å². The molecule has 10 aromatic carbocycles. The first kappa shape index (κ1) is 32.9. The standard InChI is InChI=1S/C56H34OS/c1-34(51-41-19-4-6-21-43(41)52(44-22-7-5-20-42(44)51)40-26-13-16-36-15-2-3-18-39(36)40)28-29-35-14-12-17-37(32-35)38-30-31-50-48(33-38)54-46-24-9-8-23-45(46)53-47-25-10-11-27-49(47)57-55(53)56(54)58-50/h2-33H,1H2/b29-28-. The van der Waals surface area contributed by atoms with E-state index in [1.54, 1.807) is 0 Å². The van der Waals surface area contributed by atoms with E-state index in [9.17, 15) is 0 Å². The quantitative estimate of drug-likeness (QED) is 0.126. The van der Waals surface area contributed by atoms with Crippen LogP contribution in [0, 0.1) is 0 Å². The molecule has 0 aliphatic carbocycles. The van der Waals surface area contributed by atoms with Gasteiger partial charge in [0.1, 0.15) is 5.58 Å². The van der Waals surface area contributed by atoms with E-state index >= 15 is 0 Å². The maximum Gasteiger partial charge on any atom is 0.153 e. The molecule has 0 spiro atoms. The zero-order chi connectivity index (χ0) is 38.3. The maximum absolute atomic E-state index is 6.60. The molecule has 58 heavy (non-hydrogen) atoms. The average Bonchev–Trinajstić information content (AvgIpc) is 3.87. The van der Waals surface area contributed by atoms with E-state index in [2.05, 4.69) is 194 Å². The van der Waals surface area contributed by atoms with Crippen LogP contribution in [-0.2, 0) is 0 Å². The highest BCUT2D eigenvalue weighted by atomic mass is 32.1.